The van der Waals surface area contributed by atoms with E-state index in [9.17, 15) is 4.79 Å². The molecule has 0 bridgehead atoms. The highest BCUT2D eigenvalue weighted by molar-refractivity contribution is 6.74. The highest BCUT2D eigenvalue weighted by Crippen LogP contribution is 2.42. The smallest absolute Gasteiger partial charge is 0.419 e. The summed E-state index contributed by atoms with van der Waals surface area (Å²) < 4.78 is 14.2. The minimum Gasteiger partial charge on any atom is -0.443 e. The van der Waals surface area contributed by atoms with Crippen LogP contribution in [0.25, 0.3) is 32.9 Å². The van der Waals surface area contributed by atoms with Crippen LogP contribution in [0.15, 0.2) is 54.6 Å². The first-order chi connectivity index (χ1) is 16.7. The Kier molecular flexibility index (Phi) is 6.65. The fourth-order valence-electron chi connectivity index (χ4n) is 4.27. The lowest BCUT2D eigenvalue weighted by atomic mass is 9.97. The van der Waals surface area contributed by atoms with Gasteiger partial charge in [0.1, 0.15) is 5.60 Å². The van der Waals surface area contributed by atoms with Gasteiger partial charge in [0.05, 0.1) is 29.0 Å². The lowest BCUT2D eigenvalue weighted by Gasteiger charge is -2.36. The van der Waals surface area contributed by atoms with Gasteiger partial charge < -0.3 is 9.16 Å². The molecule has 6 heteroatoms. The summed E-state index contributed by atoms with van der Waals surface area (Å²) >= 11 is 0. The number of rotatable bonds is 4. The van der Waals surface area contributed by atoms with Gasteiger partial charge in [-0.1, -0.05) is 69.3 Å². The molecule has 2 aromatic carbocycles. The molecule has 0 amide bonds. The Morgan fingerprint density at radius 3 is 2.17 bits per heavy atom. The molecule has 0 aliphatic rings. The van der Waals surface area contributed by atoms with E-state index in [0.717, 1.165) is 44.3 Å². The molecule has 0 N–H and O–H groups in total. The molecule has 36 heavy (non-hydrogen) atoms. The van der Waals surface area contributed by atoms with Crippen LogP contribution >= 0.6 is 0 Å². The van der Waals surface area contributed by atoms with Gasteiger partial charge in [-0.05, 0) is 57.5 Å². The maximum absolute atomic E-state index is 13.5. The molecule has 0 saturated carbocycles. The van der Waals surface area contributed by atoms with Crippen LogP contribution in [0.2, 0.25) is 18.1 Å². The number of hydrogen-bond donors (Lipinski definition) is 0. The van der Waals surface area contributed by atoms with Crippen molar-refractivity contribution in [3.8, 4) is 11.1 Å². The number of carbonyl (C=O) groups excluding carboxylic acids is 1. The normalized spacial score (nSPS) is 12.9. The standard InChI is InChI=1S/C30H38N2O3Si/c1-20-27-26(22-17-13-14-18-24(22)32(27)28(33)35-29(2,3)4)25(21-15-11-10-12-16-21)23(31-20)19-34-36(8,9)30(5,6)7/h10-18H,19H2,1-9H3. The minimum absolute atomic E-state index is 0.0891. The summed E-state index contributed by atoms with van der Waals surface area (Å²) in [6.07, 6.45) is -0.400. The largest absolute Gasteiger partial charge is 0.443 e. The number of fused-ring (bicyclic) bond motifs is 3. The van der Waals surface area contributed by atoms with Crippen LogP contribution in [0, 0.1) is 6.92 Å². The molecule has 0 aliphatic carbocycles. The quantitative estimate of drug-likeness (QED) is 0.263. The van der Waals surface area contributed by atoms with Crippen LogP contribution in [-0.4, -0.2) is 29.6 Å². The number of ether oxygens (including phenoxy) is 1. The number of nitrogens with zero attached hydrogens (tertiary/aromatic N) is 2. The summed E-state index contributed by atoms with van der Waals surface area (Å²) in [7, 11) is -2.01. The SMILES string of the molecule is Cc1nc(CO[Si](C)(C)C(C)(C)C)c(-c2ccccc2)c2c3ccccc3n(C(=O)OC(C)(C)C)c12. The van der Waals surface area contributed by atoms with Gasteiger partial charge >= 0.3 is 6.09 Å². The molecule has 0 unspecified atom stereocenters. The molecule has 0 atom stereocenters. The predicted octanol–water partition coefficient (Wildman–Crippen LogP) is 8.47. The molecular weight excluding hydrogens is 464 g/mol. The molecule has 4 aromatic rings. The Balaban J connectivity index is 2.04. The van der Waals surface area contributed by atoms with Gasteiger partial charge in [-0.25, -0.2) is 9.36 Å². The van der Waals surface area contributed by atoms with Crippen molar-refractivity contribution in [1.29, 1.82) is 0 Å². The van der Waals surface area contributed by atoms with Crippen LogP contribution < -0.4 is 0 Å². The maximum Gasteiger partial charge on any atom is 0.419 e. The Morgan fingerprint density at radius 1 is 0.944 bits per heavy atom. The number of aromatic nitrogens is 2. The summed E-state index contributed by atoms with van der Waals surface area (Å²) in [5.41, 5.74) is 4.70. The summed E-state index contributed by atoms with van der Waals surface area (Å²) in [6, 6.07) is 18.3. The van der Waals surface area contributed by atoms with E-state index in [0.29, 0.717) is 6.61 Å². The van der Waals surface area contributed by atoms with E-state index in [1.807, 2.05) is 64.1 Å². The fourth-order valence-corrected chi connectivity index (χ4v) is 5.20. The van der Waals surface area contributed by atoms with E-state index in [2.05, 4.69) is 52.1 Å². The molecule has 190 valence electrons. The van der Waals surface area contributed by atoms with Gasteiger partial charge in [0.25, 0.3) is 0 Å². The van der Waals surface area contributed by atoms with E-state index in [4.69, 9.17) is 14.1 Å². The summed E-state index contributed by atoms with van der Waals surface area (Å²) in [6.45, 7) is 19.3. The molecule has 2 heterocycles. The maximum atomic E-state index is 13.5. The van der Waals surface area contributed by atoms with Gasteiger partial charge in [-0.2, -0.15) is 0 Å². The van der Waals surface area contributed by atoms with Gasteiger partial charge in [0, 0.05) is 16.3 Å². The average molecular weight is 503 g/mol. The van der Waals surface area contributed by atoms with Crippen LogP contribution in [-0.2, 0) is 15.8 Å². The minimum atomic E-state index is -2.01. The van der Waals surface area contributed by atoms with Crippen molar-refractivity contribution < 1.29 is 14.0 Å². The zero-order chi connectivity index (χ0) is 26.5. The van der Waals surface area contributed by atoms with Crippen molar-refractivity contribution in [3.05, 3.63) is 66.0 Å². The van der Waals surface area contributed by atoms with Crippen LogP contribution in [0.4, 0.5) is 4.79 Å². The lowest BCUT2D eigenvalue weighted by Crippen LogP contribution is -2.40. The highest BCUT2D eigenvalue weighted by Gasteiger charge is 2.37. The lowest BCUT2D eigenvalue weighted by molar-refractivity contribution is 0.0551. The molecule has 4 rings (SSSR count). The molecule has 0 radical (unpaired) electrons. The molecule has 0 fully saturated rings. The summed E-state index contributed by atoms with van der Waals surface area (Å²) in [5, 5.41) is 2.09. The summed E-state index contributed by atoms with van der Waals surface area (Å²) in [4.78, 5) is 18.6. The first-order valence-corrected chi connectivity index (χ1v) is 15.5. The third-order valence-electron chi connectivity index (χ3n) is 7.07. The van der Waals surface area contributed by atoms with Gasteiger partial charge in [0.2, 0.25) is 0 Å². The number of para-hydroxylation sites is 1. The molecule has 0 aliphatic heterocycles. The number of pyridine rings is 1. The van der Waals surface area contributed by atoms with Crippen molar-refractivity contribution in [2.75, 3.05) is 0 Å². The van der Waals surface area contributed by atoms with Gasteiger partial charge in [0.15, 0.2) is 8.32 Å². The van der Waals surface area contributed by atoms with E-state index in [-0.39, 0.29) is 5.04 Å². The first kappa shape index (κ1) is 26.1. The highest BCUT2D eigenvalue weighted by atomic mass is 28.4. The number of hydrogen-bond acceptors (Lipinski definition) is 4. The van der Waals surface area contributed by atoms with Crippen LogP contribution in [0.1, 0.15) is 52.9 Å². The van der Waals surface area contributed by atoms with Crippen molar-refractivity contribution in [1.82, 2.24) is 9.55 Å². The van der Waals surface area contributed by atoms with Crippen molar-refractivity contribution >= 4 is 36.2 Å². The topological polar surface area (TPSA) is 53.4 Å². The van der Waals surface area contributed by atoms with Crippen molar-refractivity contribution in [2.45, 2.75) is 78.8 Å². The number of carbonyl (C=O) groups is 1. The van der Waals surface area contributed by atoms with Gasteiger partial charge in [-0.3, -0.25) is 4.98 Å². The Labute approximate surface area is 215 Å². The van der Waals surface area contributed by atoms with Crippen LogP contribution in [0.3, 0.4) is 0 Å². The Morgan fingerprint density at radius 2 is 1.56 bits per heavy atom. The van der Waals surface area contributed by atoms with E-state index in [1.165, 1.54) is 0 Å². The molecule has 0 saturated heterocycles. The van der Waals surface area contributed by atoms with Crippen LogP contribution in [0.5, 0.6) is 0 Å². The number of benzene rings is 2. The third-order valence-corrected chi connectivity index (χ3v) is 11.6. The van der Waals surface area contributed by atoms with E-state index < -0.39 is 20.0 Å². The first-order valence-electron chi connectivity index (χ1n) is 12.6. The second-order valence-corrected chi connectivity index (χ2v) is 16.8. The zero-order valence-corrected chi connectivity index (χ0v) is 24.0. The predicted molar refractivity (Wildman–Crippen MR) is 151 cm³/mol. The fraction of sp³-hybridized carbons (Fsp3) is 0.400. The van der Waals surface area contributed by atoms with Gasteiger partial charge in [-0.15, -0.1) is 0 Å². The van der Waals surface area contributed by atoms with Crippen molar-refractivity contribution in [3.63, 3.8) is 0 Å². The second kappa shape index (κ2) is 9.16. The summed E-state index contributed by atoms with van der Waals surface area (Å²) in [5.74, 6) is 0. The Hall–Kier alpha value is -2.96. The molecular formula is C30H38N2O3Si. The third kappa shape index (κ3) is 4.84. The van der Waals surface area contributed by atoms with Crippen molar-refractivity contribution in [2.24, 2.45) is 0 Å². The van der Waals surface area contributed by atoms with E-state index in [1.54, 1.807) is 4.57 Å². The zero-order valence-electron chi connectivity index (χ0n) is 23.0. The molecule has 2 aromatic heterocycles. The number of aryl methyl sites for hydroxylation is 1. The molecule has 0 spiro atoms. The Bertz CT molecular complexity index is 1420. The second-order valence-electron chi connectivity index (χ2n) is 12.0. The monoisotopic (exact) mass is 502 g/mol. The average Bonchev–Trinajstić information content (AvgIpc) is 3.12. The molecule has 5 nitrogen and oxygen atoms in total. The van der Waals surface area contributed by atoms with E-state index >= 15 is 0 Å².